The highest BCUT2D eigenvalue weighted by Gasteiger charge is 2.27. The summed E-state index contributed by atoms with van der Waals surface area (Å²) in [5, 5.41) is 7.12. The number of unbranched alkanes of at least 4 members (excludes halogenated alkanes) is 1. The summed E-state index contributed by atoms with van der Waals surface area (Å²) in [6, 6.07) is 0.882. The minimum absolute atomic E-state index is 0.332. The third-order valence-electron chi connectivity index (χ3n) is 2.72. The van der Waals surface area contributed by atoms with Crippen molar-refractivity contribution < 1.29 is 0 Å². The first kappa shape index (κ1) is 11.5. The van der Waals surface area contributed by atoms with Crippen LogP contribution in [0, 0.1) is 5.41 Å². The number of hydrogen-bond acceptors (Lipinski definition) is 2. The van der Waals surface area contributed by atoms with Crippen molar-refractivity contribution >= 4 is 5.84 Å². The van der Waals surface area contributed by atoms with Crippen LogP contribution >= 0.6 is 0 Å². The van der Waals surface area contributed by atoms with Crippen molar-refractivity contribution in [3.05, 3.63) is 0 Å². The first-order valence-corrected chi connectivity index (χ1v) is 5.81. The normalized spacial score (nSPS) is 16.1. The molecule has 0 spiro atoms. The Labute approximate surface area is 87.2 Å². The van der Waals surface area contributed by atoms with Crippen LogP contribution in [0.4, 0.5) is 0 Å². The second-order valence-electron chi connectivity index (χ2n) is 4.25. The lowest BCUT2D eigenvalue weighted by atomic mass is 10.2. The van der Waals surface area contributed by atoms with Gasteiger partial charge in [-0.25, -0.2) is 0 Å². The Hall–Kier alpha value is -0.570. The Kier molecular flexibility index (Phi) is 4.94. The fourth-order valence-corrected chi connectivity index (χ4v) is 1.83. The maximum absolute atomic E-state index is 7.12. The maximum Gasteiger partial charge on any atom is 0.0905 e. The van der Waals surface area contributed by atoms with Gasteiger partial charge in [-0.1, -0.05) is 6.92 Å². The molecule has 0 unspecified atom stereocenters. The number of hydrogen-bond donors (Lipinski definition) is 2. The summed E-state index contributed by atoms with van der Waals surface area (Å²) in [6.45, 7) is 4.68. The van der Waals surface area contributed by atoms with E-state index >= 15 is 0 Å². The van der Waals surface area contributed by atoms with Crippen molar-refractivity contribution in [2.24, 2.45) is 5.73 Å². The molecule has 3 heteroatoms. The monoisotopic (exact) mass is 197 g/mol. The van der Waals surface area contributed by atoms with Gasteiger partial charge < -0.3 is 10.6 Å². The van der Waals surface area contributed by atoms with Crippen LogP contribution in [0.1, 0.15) is 45.4 Å². The lowest BCUT2D eigenvalue weighted by Gasteiger charge is -2.20. The van der Waals surface area contributed by atoms with Crippen LogP contribution in [0.15, 0.2) is 0 Å². The number of nitrogens with zero attached hydrogens (tertiary/aromatic N) is 1. The second-order valence-corrected chi connectivity index (χ2v) is 4.25. The zero-order valence-corrected chi connectivity index (χ0v) is 9.26. The Balaban J connectivity index is 2.04. The lowest BCUT2D eigenvalue weighted by Crippen LogP contribution is -2.28. The van der Waals surface area contributed by atoms with E-state index in [2.05, 4.69) is 11.8 Å². The van der Waals surface area contributed by atoms with E-state index in [1.807, 2.05) is 0 Å². The van der Waals surface area contributed by atoms with Crippen LogP contribution < -0.4 is 5.73 Å². The van der Waals surface area contributed by atoms with Gasteiger partial charge in [0.2, 0.25) is 0 Å². The molecule has 0 atom stereocenters. The molecule has 0 aliphatic heterocycles. The van der Waals surface area contributed by atoms with Crippen molar-refractivity contribution in [2.75, 3.05) is 13.1 Å². The maximum atomic E-state index is 7.12. The van der Waals surface area contributed by atoms with Gasteiger partial charge in [0.05, 0.1) is 5.84 Å². The van der Waals surface area contributed by atoms with E-state index in [9.17, 15) is 0 Å². The molecular formula is C11H23N3. The van der Waals surface area contributed by atoms with Crippen LogP contribution in [0.5, 0.6) is 0 Å². The average Bonchev–Trinajstić information content (AvgIpc) is 2.93. The summed E-state index contributed by atoms with van der Waals surface area (Å²) < 4.78 is 0. The predicted molar refractivity (Wildman–Crippen MR) is 60.7 cm³/mol. The molecular weight excluding hydrogens is 174 g/mol. The molecule has 0 aromatic rings. The molecule has 0 radical (unpaired) electrons. The number of nitrogens with two attached hydrogens (primary N) is 1. The van der Waals surface area contributed by atoms with Crippen LogP contribution in [-0.4, -0.2) is 29.9 Å². The van der Waals surface area contributed by atoms with Crippen molar-refractivity contribution in [1.82, 2.24) is 4.90 Å². The Morgan fingerprint density at radius 2 is 2.07 bits per heavy atom. The molecule has 14 heavy (non-hydrogen) atoms. The molecule has 0 aromatic carbocycles. The smallest absolute Gasteiger partial charge is 0.0905 e. The van der Waals surface area contributed by atoms with Crippen LogP contribution in [0.3, 0.4) is 0 Å². The third kappa shape index (κ3) is 4.61. The highest BCUT2D eigenvalue weighted by molar-refractivity contribution is 5.76. The van der Waals surface area contributed by atoms with E-state index in [-0.39, 0.29) is 0 Å². The number of nitrogens with one attached hydrogen (secondary N) is 1. The summed E-state index contributed by atoms with van der Waals surface area (Å²) in [4.78, 5) is 2.60. The van der Waals surface area contributed by atoms with Gasteiger partial charge in [-0.2, -0.15) is 0 Å². The van der Waals surface area contributed by atoms with Crippen LogP contribution in [0.25, 0.3) is 0 Å². The van der Waals surface area contributed by atoms with Crippen molar-refractivity contribution in [3.8, 4) is 0 Å². The molecule has 1 saturated carbocycles. The standard InChI is InChI=1S/C11H23N3/c1-2-8-14(10-6-7-10)9-4-3-5-11(12)13/h10H,2-9H2,1H3,(H3,12,13). The molecule has 0 amide bonds. The van der Waals surface area contributed by atoms with Gasteiger partial charge in [-0.15, -0.1) is 0 Å². The molecule has 0 bridgehead atoms. The van der Waals surface area contributed by atoms with Crippen molar-refractivity contribution in [1.29, 1.82) is 5.41 Å². The van der Waals surface area contributed by atoms with Gasteiger partial charge in [-0.3, -0.25) is 5.41 Å². The van der Waals surface area contributed by atoms with Crippen LogP contribution in [-0.2, 0) is 0 Å². The fourth-order valence-electron chi connectivity index (χ4n) is 1.83. The van der Waals surface area contributed by atoms with Gasteiger partial charge in [-0.05, 0) is 45.2 Å². The van der Waals surface area contributed by atoms with Gasteiger partial charge in [0.1, 0.15) is 0 Å². The van der Waals surface area contributed by atoms with Crippen LogP contribution in [0.2, 0.25) is 0 Å². The molecule has 0 heterocycles. The Bertz CT molecular complexity index is 175. The Morgan fingerprint density at radius 1 is 1.36 bits per heavy atom. The largest absolute Gasteiger partial charge is 0.388 e. The van der Waals surface area contributed by atoms with E-state index in [1.54, 1.807) is 0 Å². The average molecular weight is 197 g/mol. The predicted octanol–water partition coefficient (Wildman–Crippen LogP) is 1.97. The highest BCUT2D eigenvalue weighted by atomic mass is 15.2. The fraction of sp³-hybridized carbons (Fsp3) is 0.909. The molecule has 0 aromatic heterocycles. The number of amidine groups is 1. The van der Waals surface area contributed by atoms with Gasteiger partial charge in [0.15, 0.2) is 0 Å². The molecule has 0 saturated heterocycles. The second kappa shape index (κ2) is 6.02. The zero-order chi connectivity index (χ0) is 10.4. The minimum Gasteiger partial charge on any atom is -0.388 e. The quantitative estimate of drug-likeness (QED) is 0.355. The minimum atomic E-state index is 0.332. The van der Waals surface area contributed by atoms with Gasteiger partial charge >= 0.3 is 0 Å². The Morgan fingerprint density at radius 3 is 2.57 bits per heavy atom. The summed E-state index contributed by atoms with van der Waals surface area (Å²) in [7, 11) is 0. The highest BCUT2D eigenvalue weighted by Crippen LogP contribution is 2.27. The SMILES string of the molecule is CCCN(CCCCC(=N)N)C1CC1. The molecule has 1 aliphatic carbocycles. The molecule has 3 nitrogen and oxygen atoms in total. The van der Waals surface area contributed by atoms with E-state index in [0.717, 1.165) is 18.9 Å². The molecule has 1 fully saturated rings. The van der Waals surface area contributed by atoms with E-state index < -0.39 is 0 Å². The molecule has 3 N–H and O–H groups in total. The van der Waals surface area contributed by atoms with Gasteiger partial charge in [0.25, 0.3) is 0 Å². The summed E-state index contributed by atoms with van der Waals surface area (Å²) in [5.41, 5.74) is 5.31. The van der Waals surface area contributed by atoms with Gasteiger partial charge in [0, 0.05) is 12.5 Å². The topological polar surface area (TPSA) is 53.1 Å². The molecule has 1 rings (SSSR count). The van der Waals surface area contributed by atoms with E-state index in [1.165, 1.54) is 38.8 Å². The number of rotatable bonds is 8. The molecule has 1 aliphatic rings. The zero-order valence-electron chi connectivity index (χ0n) is 9.26. The molecule has 82 valence electrons. The summed E-state index contributed by atoms with van der Waals surface area (Å²) in [5.74, 6) is 0.332. The third-order valence-corrected chi connectivity index (χ3v) is 2.72. The lowest BCUT2D eigenvalue weighted by molar-refractivity contribution is 0.259. The summed E-state index contributed by atoms with van der Waals surface area (Å²) in [6.07, 6.45) is 7.08. The van der Waals surface area contributed by atoms with E-state index in [0.29, 0.717) is 5.84 Å². The first-order valence-electron chi connectivity index (χ1n) is 5.81. The van der Waals surface area contributed by atoms with E-state index in [4.69, 9.17) is 11.1 Å². The summed E-state index contributed by atoms with van der Waals surface area (Å²) >= 11 is 0. The van der Waals surface area contributed by atoms with Crippen molar-refractivity contribution in [3.63, 3.8) is 0 Å². The first-order chi connectivity index (χ1) is 6.74. The van der Waals surface area contributed by atoms with Crippen molar-refractivity contribution in [2.45, 2.75) is 51.5 Å².